The van der Waals surface area contributed by atoms with Gasteiger partial charge in [-0.05, 0) is 36.8 Å². The highest BCUT2D eigenvalue weighted by Gasteiger charge is 2.12. The Kier molecular flexibility index (Phi) is 3.43. The number of nitriles is 1. The minimum atomic E-state index is -0.770. The van der Waals surface area contributed by atoms with Crippen LogP contribution in [0.4, 0.5) is 24.5 Å². The van der Waals surface area contributed by atoms with E-state index in [1.165, 1.54) is 25.1 Å². The van der Waals surface area contributed by atoms with Crippen LogP contribution in [0.5, 0.6) is 0 Å². The molecule has 0 saturated heterocycles. The highest BCUT2D eigenvalue weighted by molar-refractivity contribution is 5.62. The molecular formula is C14H9F3N2. The van der Waals surface area contributed by atoms with E-state index < -0.39 is 17.5 Å². The van der Waals surface area contributed by atoms with Gasteiger partial charge in [0.2, 0.25) is 0 Å². The maximum atomic E-state index is 13.7. The molecule has 0 unspecified atom stereocenters. The van der Waals surface area contributed by atoms with E-state index in [1.54, 1.807) is 6.07 Å². The summed E-state index contributed by atoms with van der Waals surface area (Å²) >= 11 is 0. The number of rotatable bonds is 2. The second-order valence-corrected chi connectivity index (χ2v) is 3.98. The fourth-order valence-electron chi connectivity index (χ4n) is 1.60. The topological polar surface area (TPSA) is 35.8 Å². The Hall–Kier alpha value is -2.48. The van der Waals surface area contributed by atoms with Crippen LogP contribution in [0, 0.1) is 35.7 Å². The lowest BCUT2D eigenvalue weighted by Gasteiger charge is -2.10. The number of anilines is 2. The maximum Gasteiger partial charge on any atom is 0.152 e. The Labute approximate surface area is 108 Å². The Morgan fingerprint density at radius 2 is 1.79 bits per heavy atom. The van der Waals surface area contributed by atoms with Crippen LogP contribution in [0.3, 0.4) is 0 Å². The van der Waals surface area contributed by atoms with E-state index in [9.17, 15) is 13.2 Å². The summed E-state index contributed by atoms with van der Waals surface area (Å²) in [4.78, 5) is 0. The van der Waals surface area contributed by atoms with Gasteiger partial charge in [-0.1, -0.05) is 6.07 Å². The van der Waals surface area contributed by atoms with E-state index in [0.717, 1.165) is 12.1 Å². The fourth-order valence-corrected chi connectivity index (χ4v) is 1.60. The third kappa shape index (κ3) is 2.52. The molecule has 0 bridgehead atoms. The molecule has 2 rings (SSSR count). The summed E-state index contributed by atoms with van der Waals surface area (Å²) in [5, 5.41) is 11.1. The van der Waals surface area contributed by atoms with Crippen LogP contribution in [0.15, 0.2) is 30.3 Å². The van der Waals surface area contributed by atoms with Gasteiger partial charge in [-0.3, -0.25) is 0 Å². The SMILES string of the molecule is Cc1ccc(F)c(Nc2ccc(C#N)c(F)c2)c1F. The van der Waals surface area contributed by atoms with E-state index in [0.29, 0.717) is 0 Å². The molecule has 96 valence electrons. The third-order valence-corrected chi connectivity index (χ3v) is 2.64. The van der Waals surface area contributed by atoms with Crippen molar-refractivity contribution >= 4 is 11.4 Å². The van der Waals surface area contributed by atoms with Crippen molar-refractivity contribution in [1.82, 2.24) is 0 Å². The van der Waals surface area contributed by atoms with Gasteiger partial charge in [0.05, 0.1) is 5.56 Å². The quantitative estimate of drug-likeness (QED) is 0.887. The Morgan fingerprint density at radius 3 is 2.42 bits per heavy atom. The zero-order valence-electron chi connectivity index (χ0n) is 9.97. The van der Waals surface area contributed by atoms with Gasteiger partial charge in [-0.15, -0.1) is 0 Å². The van der Waals surface area contributed by atoms with E-state index in [1.807, 2.05) is 0 Å². The molecule has 0 aliphatic carbocycles. The van der Waals surface area contributed by atoms with Crippen molar-refractivity contribution in [3.8, 4) is 6.07 Å². The molecule has 0 atom stereocenters. The number of hydrogen-bond donors (Lipinski definition) is 1. The maximum absolute atomic E-state index is 13.7. The minimum absolute atomic E-state index is 0.129. The molecule has 0 radical (unpaired) electrons. The lowest BCUT2D eigenvalue weighted by Crippen LogP contribution is -2.00. The fraction of sp³-hybridized carbons (Fsp3) is 0.0714. The van der Waals surface area contributed by atoms with Gasteiger partial charge < -0.3 is 5.32 Å². The van der Waals surface area contributed by atoms with E-state index >= 15 is 0 Å². The van der Waals surface area contributed by atoms with Crippen molar-refractivity contribution in [2.45, 2.75) is 6.92 Å². The van der Waals surface area contributed by atoms with Crippen molar-refractivity contribution in [3.63, 3.8) is 0 Å². The Bertz CT molecular complexity index is 675. The van der Waals surface area contributed by atoms with E-state index in [2.05, 4.69) is 5.32 Å². The summed E-state index contributed by atoms with van der Waals surface area (Å²) in [6, 6.07) is 7.74. The molecule has 2 aromatic carbocycles. The molecule has 0 aliphatic rings. The summed E-state index contributed by atoms with van der Waals surface area (Å²) in [5.74, 6) is -2.25. The number of halogens is 3. The van der Waals surface area contributed by atoms with Gasteiger partial charge in [-0.2, -0.15) is 5.26 Å². The first-order valence-electron chi connectivity index (χ1n) is 5.44. The lowest BCUT2D eigenvalue weighted by atomic mass is 10.1. The zero-order chi connectivity index (χ0) is 14.0. The summed E-state index contributed by atoms with van der Waals surface area (Å²) < 4.78 is 40.6. The predicted molar refractivity (Wildman–Crippen MR) is 65.5 cm³/mol. The van der Waals surface area contributed by atoms with Crippen molar-refractivity contribution < 1.29 is 13.2 Å². The van der Waals surface area contributed by atoms with Crippen LogP contribution >= 0.6 is 0 Å². The average molecular weight is 262 g/mol. The molecule has 0 saturated carbocycles. The molecule has 0 fully saturated rings. The standard InChI is InChI=1S/C14H9F3N2/c1-8-2-5-11(15)14(13(8)17)19-10-4-3-9(7-18)12(16)6-10/h2-6,19H,1H3. The second kappa shape index (κ2) is 5.02. The van der Waals surface area contributed by atoms with Crippen molar-refractivity contribution in [2.24, 2.45) is 0 Å². The van der Waals surface area contributed by atoms with Crippen molar-refractivity contribution in [1.29, 1.82) is 5.26 Å². The first-order chi connectivity index (χ1) is 9.02. The lowest BCUT2D eigenvalue weighted by molar-refractivity contribution is 0.584. The van der Waals surface area contributed by atoms with Crippen LogP contribution in [0.2, 0.25) is 0 Å². The molecule has 1 N–H and O–H groups in total. The van der Waals surface area contributed by atoms with Gasteiger partial charge in [-0.25, -0.2) is 13.2 Å². The zero-order valence-corrected chi connectivity index (χ0v) is 9.97. The van der Waals surface area contributed by atoms with Gasteiger partial charge >= 0.3 is 0 Å². The normalized spacial score (nSPS) is 10.1. The average Bonchev–Trinajstić information content (AvgIpc) is 2.39. The molecule has 19 heavy (non-hydrogen) atoms. The number of aryl methyl sites for hydroxylation is 1. The minimum Gasteiger partial charge on any atom is -0.351 e. The van der Waals surface area contributed by atoms with Crippen LogP contribution in [0.25, 0.3) is 0 Å². The number of nitrogens with zero attached hydrogens (tertiary/aromatic N) is 1. The first-order valence-corrected chi connectivity index (χ1v) is 5.44. The molecule has 2 aromatic rings. The number of benzene rings is 2. The Morgan fingerprint density at radius 1 is 1.05 bits per heavy atom. The van der Waals surface area contributed by atoms with Gasteiger partial charge in [0.1, 0.15) is 23.4 Å². The molecular weight excluding hydrogens is 253 g/mol. The molecule has 2 nitrogen and oxygen atoms in total. The molecule has 0 aliphatic heterocycles. The molecule has 0 heterocycles. The third-order valence-electron chi connectivity index (χ3n) is 2.64. The summed E-state index contributed by atoms with van der Waals surface area (Å²) in [6.07, 6.45) is 0. The summed E-state index contributed by atoms with van der Waals surface area (Å²) in [7, 11) is 0. The highest BCUT2D eigenvalue weighted by atomic mass is 19.1. The predicted octanol–water partition coefficient (Wildman–Crippen LogP) is 4.03. The van der Waals surface area contributed by atoms with Gasteiger partial charge in [0.25, 0.3) is 0 Å². The number of hydrogen-bond acceptors (Lipinski definition) is 2. The van der Waals surface area contributed by atoms with E-state index in [-0.39, 0.29) is 22.5 Å². The molecule has 0 amide bonds. The largest absolute Gasteiger partial charge is 0.351 e. The van der Waals surface area contributed by atoms with Crippen LogP contribution < -0.4 is 5.32 Å². The summed E-state index contributed by atoms with van der Waals surface area (Å²) in [6.45, 7) is 1.50. The van der Waals surface area contributed by atoms with Crippen LogP contribution in [0.1, 0.15) is 11.1 Å². The second-order valence-electron chi connectivity index (χ2n) is 3.98. The Balaban J connectivity index is 2.40. The number of nitrogens with one attached hydrogen (secondary N) is 1. The molecule has 5 heteroatoms. The van der Waals surface area contributed by atoms with Crippen molar-refractivity contribution in [3.05, 3.63) is 58.9 Å². The van der Waals surface area contributed by atoms with Crippen LogP contribution in [-0.4, -0.2) is 0 Å². The molecule has 0 spiro atoms. The molecule has 0 aromatic heterocycles. The van der Waals surface area contributed by atoms with Crippen molar-refractivity contribution in [2.75, 3.05) is 5.32 Å². The van der Waals surface area contributed by atoms with Crippen LogP contribution in [-0.2, 0) is 0 Å². The monoisotopic (exact) mass is 262 g/mol. The summed E-state index contributed by atoms with van der Waals surface area (Å²) in [5.41, 5.74) is -0.0299. The smallest absolute Gasteiger partial charge is 0.152 e. The van der Waals surface area contributed by atoms with E-state index in [4.69, 9.17) is 5.26 Å². The van der Waals surface area contributed by atoms with Gasteiger partial charge in [0.15, 0.2) is 5.82 Å². The van der Waals surface area contributed by atoms with Gasteiger partial charge in [0, 0.05) is 5.69 Å². The first kappa shape index (κ1) is 13.0. The highest BCUT2D eigenvalue weighted by Crippen LogP contribution is 2.26.